The zero-order valence-corrected chi connectivity index (χ0v) is 9.63. The number of carbonyl (C=O) groups excluding carboxylic acids is 1. The molecular formula is C9H11FINO. The first-order valence-corrected chi connectivity index (χ1v) is 9.01. The number of alkyl halides is 2. The maximum atomic E-state index is 13.2. The van der Waals surface area contributed by atoms with Gasteiger partial charge in [0.2, 0.25) is 0 Å². The minimum absolute atomic E-state index is 0.0264. The van der Waals surface area contributed by atoms with Gasteiger partial charge in [0, 0.05) is 0 Å². The predicted octanol–water partition coefficient (Wildman–Crippen LogP) is 1.86. The number of amides is 1. The van der Waals surface area contributed by atoms with E-state index in [1.54, 1.807) is 6.07 Å². The quantitative estimate of drug-likeness (QED) is 0.657. The van der Waals surface area contributed by atoms with Gasteiger partial charge in [-0.3, -0.25) is 0 Å². The number of carbonyl (C=O) groups is 1. The van der Waals surface area contributed by atoms with Gasteiger partial charge in [-0.05, 0) is 0 Å². The molecular weight excluding hydrogens is 284 g/mol. The summed E-state index contributed by atoms with van der Waals surface area (Å²) in [6.07, 6.45) is 0. The van der Waals surface area contributed by atoms with Crippen molar-refractivity contribution in [2.24, 2.45) is 5.73 Å². The maximum absolute atomic E-state index is 13.2. The molecule has 0 aliphatic rings. The second-order valence-electron chi connectivity index (χ2n) is 2.74. The number of nitrogens with two attached hydrogens (primary N) is 1. The van der Waals surface area contributed by atoms with Gasteiger partial charge in [0.05, 0.1) is 0 Å². The monoisotopic (exact) mass is 295 g/mol. The number of primary amides is 1. The number of hydrogen-bond donors (Lipinski definition) is 1. The summed E-state index contributed by atoms with van der Waals surface area (Å²) in [5.41, 5.74) is 4.95. The van der Waals surface area contributed by atoms with E-state index < -0.39 is 31.5 Å². The molecule has 0 aliphatic carbocycles. The molecule has 0 spiro atoms. The summed E-state index contributed by atoms with van der Waals surface area (Å²) >= 11 is -1.16. The Morgan fingerprint density at radius 1 is 1.46 bits per heavy atom. The van der Waals surface area contributed by atoms with Gasteiger partial charge < -0.3 is 0 Å². The van der Waals surface area contributed by atoms with Crippen LogP contribution in [0.3, 0.4) is 0 Å². The molecule has 0 saturated carbocycles. The molecule has 4 heteroatoms. The molecule has 72 valence electrons. The van der Waals surface area contributed by atoms with Crippen molar-refractivity contribution in [2.45, 2.75) is 0 Å². The fourth-order valence-corrected chi connectivity index (χ4v) is 2.72. The van der Waals surface area contributed by atoms with E-state index in [0.29, 0.717) is 0 Å². The van der Waals surface area contributed by atoms with E-state index in [2.05, 4.69) is 9.86 Å². The van der Waals surface area contributed by atoms with Crippen LogP contribution in [0.1, 0.15) is 10.4 Å². The van der Waals surface area contributed by atoms with Crippen LogP contribution in [0.15, 0.2) is 18.2 Å². The van der Waals surface area contributed by atoms with Crippen molar-refractivity contribution < 1.29 is 9.18 Å². The molecule has 2 nitrogen and oxygen atoms in total. The van der Waals surface area contributed by atoms with Gasteiger partial charge in [-0.15, -0.1) is 0 Å². The summed E-state index contributed by atoms with van der Waals surface area (Å²) in [5, 5.41) is 0. The zero-order chi connectivity index (χ0) is 10.0. The second-order valence-corrected chi connectivity index (χ2v) is 8.30. The normalized spacial score (nSPS) is 11.2. The fraction of sp³-hybridized carbons (Fsp3) is 0.222. The Labute approximate surface area is 83.7 Å². The van der Waals surface area contributed by atoms with Crippen LogP contribution >= 0.6 is 19.8 Å². The molecule has 1 aromatic carbocycles. The van der Waals surface area contributed by atoms with Gasteiger partial charge in [-0.1, -0.05) is 0 Å². The number of halogens is 2. The van der Waals surface area contributed by atoms with Crippen LogP contribution in [0, 0.1) is 9.39 Å². The second kappa shape index (κ2) is 4.04. The molecule has 0 unspecified atom stereocenters. The molecule has 0 aromatic heterocycles. The average Bonchev–Trinajstić information content (AvgIpc) is 2.03. The Kier molecular flexibility index (Phi) is 3.24. The van der Waals surface area contributed by atoms with Gasteiger partial charge >= 0.3 is 83.7 Å². The van der Waals surface area contributed by atoms with Gasteiger partial charge in [-0.2, -0.15) is 0 Å². The first-order chi connectivity index (χ1) is 6.02. The van der Waals surface area contributed by atoms with Crippen molar-refractivity contribution in [3.63, 3.8) is 0 Å². The molecule has 0 atom stereocenters. The summed E-state index contributed by atoms with van der Waals surface area (Å²) < 4.78 is 14.2. The molecule has 1 rings (SSSR count). The summed E-state index contributed by atoms with van der Waals surface area (Å²) in [6.45, 7) is 0. The molecule has 0 fully saturated rings. The van der Waals surface area contributed by atoms with Gasteiger partial charge in [0.15, 0.2) is 0 Å². The molecule has 2 N–H and O–H groups in total. The Bertz CT molecular complexity index is 338. The molecule has 0 heterocycles. The van der Waals surface area contributed by atoms with Crippen molar-refractivity contribution >= 4 is 25.7 Å². The molecule has 1 amide bonds. The third-order valence-corrected chi connectivity index (χ3v) is 4.80. The first kappa shape index (κ1) is 10.4. The third kappa shape index (κ3) is 2.40. The van der Waals surface area contributed by atoms with Gasteiger partial charge in [0.25, 0.3) is 0 Å². The Balaban J connectivity index is 3.13. The minimum atomic E-state index is -1.16. The summed E-state index contributed by atoms with van der Waals surface area (Å²) in [7, 11) is 0. The zero-order valence-electron chi connectivity index (χ0n) is 7.47. The van der Waals surface area contributed by atoms with Crippen molar-refractivity contribution in [3.05, 3.63) is 33.1 Å². The van der Waals surface area contributed by atoms with Gasteiger partial charge in [-0.25, -0.2) is 0 Å². The SMILES string of the molecule is CI(C)c1ccc(C(N)=O)c(F)c1. The van der Waals surface area contributed by atoms with Crippen LogP contribution in [0.2, 0.25) is 0 Å². The van der Waals surface area contributed by atoms with Crippen LogP contribution in [0.4, 0.5) is 4.39 Å². The molecule has 1 aromatic rings. The molecule has 0 saturated heterocycles. The van der Waals surface area contributed by atoms with Crippen molar-refractivity contribution in [3.8, 4) is 0 Å². The van der Waals surface area contributed by atoms with Crippen LogP contribution < -0.4 is 5.73 Å². The molecule has 13 heavy (non-hydrogen) atoms. The van der Waals surface area contributed by atoms with Crippen LogP contribution in [0.25, 0.3) is 0 Å². The van der Waals surface area contributed by atoms with E-state index in [4.69, 9.17) is 5.73 Å². The van der Waals surface area contributed by atoms with E-state index >= 15 is 0 Å². The van der Waals surface area contributed by atoms with Crippen molar-refractivity contribution in [2.75, 3.05) is 9.86 Å². The van der Waals surface area contributed by atoms with Crippen molar-refractivity contribution in [1.29, 1.82) is 0 Å². The standard InChI is InChI=1S/C9H11FINO/c1-11(2)6-3-4-7(9(12)13)8(10)5-6/h3-5H,1-2H3,(H2,12,13). The van der Waals surface area contributed by atoms with Crippen molar-refractivity contribution in [1.82, 2.24) is 0 Å². The molecule has 0 aliphatic heterocycles. The first-order valence-electron chi connectivity index (χ1n) is 3.61. The summed E-state index contributed by atoms with van der Waals surface area (Å²) in [6, 6.07) is 4.67. The van der Waals surface area contributed by atoms with Crippen LogP contribution in [0.5, 0.6) is 0 Å². The summed E-state index contributed by atoms with van der Waals surface area (Å²) in [4.78, 5) is 14.9. The van der Waals surface area contributed by atoms with E-state index in [-0.39, 0.29) is 5.56 Å². The third-order valence-electron chi connectivity index (χ3n) is 1.63. The topological polar surface area (TPSA) is 43.1 Å². The van der Waals surface area contributed by atoms with Crippen LogP contribution in [-0.2, 0) is 0 Å². The number of rotatable bonds is 2. The average molecular weight is 295 g/mol. The predicted molar refractivity (Wildman–Crippen MR) is 59.5 cm³/mol. The fourth-order valence-electron chi connectivity index (χ4n) is 0.924. The number of benzene rings is 1. The Morgan fingerprint density at radius 2 is 2.08 bits per heavy atom. The van der Waals surface area contributed by atoms with E-state index in [9.17, 15) is 9.18 Å². The Hall–Kier alpha value is -0.650. The van der Waals surface area contributed by atoms with Gasteiger partial charge in [0.1, 0.15) is 0 Å². The Morgan fingerprint density at radius 3 is 2.46 bits per heavy atom. The van der Waals surface area contributed by atoms with E-state index in [1.165, 1.54) is 12.1 Å². The van der Waals surface area contributed by atoms with E-state index in [0.717, 1.165) is 3.57 Å². The number of hydrogen-bond acceptors (Lipinski definition) is 1. The van der Waals surface area contributed by atoms with Crippen LogP contribution in [-0.4, -0.2) is 15.8 Å². The van der Waals surface area contributed by atoms with E-state index in [1.807, 2.05) is 0 Å². The molecule has 0 bridgehead atoms. The molecule has 0 radical (unpaired) electrons. The summed E-state index contributed by atoms with van der Waals surface area (Å²) in [5.74, 6) is -1.22.